The van der Waals surface area contributed by atoms with Crippen LogP contribution in [0.2, 0.25) is 0 Å². The van der Waals surface area contributed by atoms with E-state index in [0.29, 0.717) is 19.1 Å². The number of carbonyl (C=O) groups is 1. The highest BCUT2D eigenvalue weighted by Gasteiger charge is 2.34. The van der Waals surface area contributed by atoms with Crippen molar-refractivity contribution in [2.75, 3.05) is 31.5 Å². The van der Waals surface area contributed by atoms with E-state index in [0.717, 1.165) is 19.2 Å². The van der Waals surface area contributed by atoms with Crippen molar-refractivity contribution >= 4 is 11.7 Å². The lowest BCUT2D eigenvalue weighted by Crippen LogP contribution is -2.51. The van der Waals surface area contributed by atoms with Gasteiger partial charge in [0, 0.05) is 32.2 Å². The fourth-order valence-electron chi connectivity index (χ4n) is 2.47. The minimum atomic E-state index is -4.49. The molecule has 1 heterocycles. The van der Waals surface area contributed by atoms with Crippen molar-refractivity contribution < 1.29 is 18.0 Å². The molecule has 4 nitrogen and oxygen atoms in total. The Bertz CT molecular complexity index is 523. The molecule has 0 atom stereocenters. The summed E-state index contributed by atoms with van der Waals surface area (Å²) in [6, 6.07) is 4.93. The number of amides is 2. The van der Waals surface area contributed by atoms with E-state index < -0.39 is 17.8 Å². The lowest BCUT2D eigenvalue weighted by Gasteiger charge is -2.36. The van der Waals surface area contributed by atoms with Crippen LogP contribution in [0.4, 0.5) is 23.7 Å². The van der Waals surface area contributed by atoms with Crippen LogP contribution in [0.15, 0.2) is 24.3 Å². The predicted octanol–water partition coefficient (Wildman–Crippen LogP) is 3.26. The summed E-state index contributed by atoms with van der Waals surface area (Å²) >= 11 is 0. The van der Waals surface area contributed by atoms with Crippen LogP contribution in [0, 0.1) is 0 Å². The number of rotatable bonds is 2. The molecule has 2 rings (SSSR count). The number of halogens is 3. The summed E-state index contributed by atoms with van der Waals surface area (Å²) in [7, 11) is 0. The van der Waals surface area contributed by atoms with Crippen molar-refractivity contribution in [3.8, 4) is 0 Å². The van der Waals surface area contributed by atoms with Gasteiger partial charge >= 0.3 is 12.2 Å². The summed E-state index contributed by atoms with van der Waals surface area (Å²) in [5.41, 5.74) is -1.03. The standard InChI is InChI=1S/C15H20F3N3O/c1-11(2)20-7-9-21(10-8-20)14(22)19-13-6-4-3-5-12(13)15(16,17)18/h3-6,11H,7-10H2,1-2H3,(H,19,22). The number of piperazine rings is 1. The molecule has 0 radical (unpaired) electrons. The Kier molecular flexibility index (Phi) is 4.95. The summed E-state index contributed by atoms with van der Waals surface area (Å²) in [4.78, 5) is 15.9. The Morgan fingerprint density at radius 2 is 1.73 bits per heavy atom. The van der Waals surface area contributed by atoms with Crippen molar-refractivity contribution in [3.63, 3.8) is 0 Å². The molecule has 0 aliphatic carbocycles. The van der Waals surface area contributed by atoms with Gasteiger partial charge in [0.2, 0.25) is 0 Å². The van der Waals surface area contributed by atoms with Gasteiger partial charge in [0.1, 0.15) is 0 Å². The minimum absolute atomic E-state index is 0.203. The second-order valence-electron chi connectivity index (χ2n) is 5.59. The van der Waals surface area contributed by atoms with Crippen molar-refractivity contribution in [1.29, 1.82) is 0 Å². The van der Waals surface area contributed by atoms with Gasteiger partial charge < -0.3 is 10.2 Å². The Morgan fingerprint density at radius 3 is 2.27 bits per heavy atom. The monoisotopic (exact) mass is 315 g/mol. The number of benzene rings is 1. The number of para-hydroxylation sites is 1. The predicted molar refractivity (Wildman–Crippen MR) is 78.7 cm³/mol. The first kappa shape index (κ1) is 16.6. The SMILES string of the molecule is CC(C)N1CCN(C(=O)Nc2ccccc2C(F)(F)F)CC1. The Morgan fingerprint density at radius 1 is 1.14 bits per heavy atom. The first-order valence-electron chi connectivity index (χ1n) is 7.25. The second kappa shape index (κ2) is 6.56. The summed E-state index contributed by atoms with van der Waals surface area (Å²) < 4.78 is 38.7. The molecule has 1 aromatic carbocycles. The molecule has 0 aromatic heterocycles. The van der Waals surface area contributed by atoms with E-state index in [9.17, 15) is 18.0 Å². The third-order valence-electron chi connectivity index (χ3n) is 3.81. The van der Waals surface area contributed by atoms with E-state index in [2.05, 4.69) is 24.1 Å². The maximum absolute atomic E-state index is 12.9. The minimum Gasteiger partial charge on any atom is -0.322 e. The topological polar surface area (TPSA) is 35.6 Å². The van der Waals surface area contributed by atoms with Crippen molar-refractivity contribution in [2.45, 2.75) is 26.1 Å². The van der Waals surface area contributed by atoms with Gasteiger partial charge in [-0.2, -0.15) is 13.2 Å². The molecular weight excluding hydrogens is 295 g/mol. The molecule has 1 saturated heterocycles. The summed E-state index contributed by atoms with van der Waals surface area (Å²) in [6.45, 7) is 6.64. The zero-order valence-corrected chi connectivity index (χ0v) is 12.7. The van der Waals surface area contributed by atoms with Crippen LogP contribution < -0.4 is 5.32 Å². The van der Waals surface area contributed by atoms with Crippen LogP contribution in [-0.2, 0) is 6.18 Å². The van der Waals surface area contributed by atoms with E-state index >= 15 is 0 Å². The van der Waals surface area contributed by atoms with Crippen LogP contribution in [0.25, 0.3) is 0 Å². The summed E-state index contributed by atoms with van der Waals surface area (Å²) in [6.07, 6.45) is -4.49. The normalized spacial score (nSPS) is 16.9. The number of hydrogen-bond acceptors (Lipinski definition) is 2. The van der Waals surface area contributed by atoms with Crippen LogP contribution in [0.5, 0.6) is 0 Å². The van der Waals surface area contributed by atoms with Crippen molar-refractivity contribution in [3.05, 3.63) is 29.8 Å². The third kappa shape index (κ3) is 3.91. The van der Waals surface area contributed by atoms with E-state index in [1.807, 2.05) is 0 Å². The van der Waals surface area contributed by atoms with Crippen LogP contribution in [0.3, 0.4) is 0 Å². The number of carbonyl (C=O) groups excluding carboxylic acids is 1. The van der Waals surface area contributed by atoms with Crippen LogP contribution >= 0.6 is 0 Å². The van der Waals surface area contributed by atoms with Gasteiger partial charge in [0.25, 0.3) is 0 Å². The Hall–Kier alpha value is -1.76. The molecule has 1 N–H and O–H groups in total. The van der Waals surface area contributed by atoms with Gasteiger partial charge in [-0.15, -0.1) is 0 Å². The Labute approximate surface area is 127 Å². The van der Waals surface area contributed by atoms with Crippen molar-refractivity contribution in [2.24, 2.45) is 0 Å². The molecule has 0 spiro atoms. The van der Waals surface area contributed by atoms with E-state index in [1.165, 1.54) is 18.2 Å². The fraction of sp³-hybridized carbons (Fsp3) is 0.533. The van der Waals surface area contributed by atoms with E-state index in [1.54, 1.807) is 4.90 Å². The van der Waals surface area contributed by atoms with Gasteiger partial charge in [-0.1, -0.05) is 12.1 Å². The molecule has 0 bridgehead atoms. The zero-order chi connectivity index (χ0) is 16.3. The summed E-state index contributed by atoms with van der Waals surface area (Å²) in [5, 5.41) is 2.38. The number of nitrogens with zero attached hydrogens (tertiary/aromatic N) is 2. The fourth-order valence-corrected chi connectivity index (χ4v) is 2.47. The zero-order valence-electron chi connectivity index (χ0n) is 12.7. The van der Waals surface area contributed by atoms with Gasteiger partial charge in [0.15, 0.2) is 0 Å². The second-order valence-corrected chi connectivity index (χ2v) is 5.59. The molecule has 122 valence electrons. The molecular formula is C15H20F3N3O. The molecule has 1 aromatic rings. The largest absolute Gasteiger partial charge is 0.418 e. The highest BCUT2D eigenvalue weighted by Crippen LogP contribution is 2.34. The molecule has 0 saturated carbocycles. The maximum Gasteiger partial charge on any atom is 0.418 e. The van der Waals surface area contributed by atoms with E-state index in [4.69, 9.17) is 0 Å². The number of anilines is 1. The van der Waals surface area contributed by atoms with Gasteiger partial charge in [-0.3, -0.25) is 4.90 Å². The van der Waals surface area contributed by atoms with Crippen molar-refractivity contribution in [1.82, 2.24) is 9.80 Å². The molecule has 0 unspecified atom stereocenters. The number of hydrogen-bond donors (Lipinski definition) is 1. The lowest BCUT2D eigenvalue weighted by atomic mass is 10.1. The van der Waals surface area contributed by atoms with Gasteiger partial charge in [-0.25, -0.2) is 4.79 Å². The smallest absolute Gasteiger partial charge is 0.322 e. The Balaban J connectivity index is 2.02. The average molecular weight is 315 g/mol. The number of urea groups is 1. The van der Waals surface area contributed by atoms with Gasteiger partial charge in [0.05, 0.1) is 11.3 Å². The quantitative estimate of drug-likeness (QED) is 0.909. The first-order valence-corrected chi connectivity index (χ1v) is 7.25. The lowest BCUT2D eigenvalue weighted by molar-refractivity contribution is -0.136. The summed E-state index contributed by atoms with van der Waals surface area (Å²) in [5.74, 6) is 0. The molecule has 7 heteroatoms. The van der Waals surface area contributed by atoms with Gasteiger partial charge in [-0.05, 0) is 26.0 Å². The highest BCUT2D eigenvalue weighted by molar-refractivity contribution is 5.90. The molecule has 1 aliphatic heterocycles. The molecule has 2 amide bonds. The molecule has 22 heavy (non-hydrogen) atoms. The van der Waals surface area contributed by atoms with Crippen LogP contribution in [0.1, 0.15) is 19.4 Å². The maximum atomic E-state index is 12.9. The highest BCUT2D eigenvalue weighted by atomic mass is 19.4. The molecule has 1 aliphatic rings. The third-order valence-corrected chi connectivity index (χ3v) is 3.81. The number of nitrogens with one attached hydrogen (secondary N) is 1. The average Bonchev–Trinajstić information content (AvgIpc) is 2.46. The van der Waals surface area contributed by atoms with E-state index in [-0.39, 0.29) is 5.69 Å². The van der Waals surface area contributed by atoms with Crippen LogP contribution in [-0.4, -0.2) is 48.1 Å². The first-order chi connectivity index (χ1) is 10.3. The number of alkyl halides is 3. The molecule has 1 fully saturated rings.